The van der Waals surface area contributed by atoms with E-state index in [9.17, 15) is 4.39 Å². The van der Waals surface area contributed by atoms with Crippen LogP contribution in [-0.4, -0.2) is 0 Å². The monoisotopic (exact) mass is 254 g/mol. The minimum Gasteiger partial charge on any atom is -0.398 e. The lowest BCUT2D eigenvalue weighted by molar-refractivity contribution is 0.628. The first-order chi connectivity index (χ1) is 9.15. The van der Waals surface area contributed by atoms with E-state index in [0.29, 0.717) is 17.1 Å². The zero-order chi connectivity index (χ0) is 13.7. The van der Waals surface area contributed by atoms with Gasteiger partial charge in [-0.05, 0) is 29.8 Å². The summed E-state index contributed by atoms with van der Waals surface area (Å²) in [4.78, 5) is 0. The van der Waals surface area contributed by atoms with Gasteiger partial charge in [-0.2, -0.15) is 0 Å². The van der Waals surface area contributed by atoms with E-state index in [2.05, 4.69) is 11.9 Å². The molecule has 0 aliphatic heterocycles. The molecule has 0 unspecified atom stereocenters. The van der Waals surface area contributed by atoms with Crippen molar-refractivity contribution in [1.82, 2.24) is 0 Å². The Morgan fingerprint density at radius 3 is 2.53 bits per heavy atom. The summed E-state index contributed by atoms with van der Waals surface area (Å²) in [5.41, 5.74) is 8.74. The highest BCUT2D eigenvalue weighted by Crippen LogP contribution is 2.14. The Hall–Kier alpha value is -2.55. The molecule has 0 saturated heterocycles. The molecule has 0 saturated carbocycles. The molecule has 0 bridgehead atoms. The second-order valence-corrected chi connectivity index (χ2v) is 4.13. The molecule has 2 aromatic carbocycles. The van der Waals surface area contributed by atoms with Crippen molar-refractivity contribution >= 4 is 11.4 Å². The largest absolute Gasteiger partial charge is 0.398 e. The molecular formula is C16H15FN2. The molecule has 19 heavy (non-hydrogen) atoms. The Morgan fingerprint density at radius 1 is 1.11 bits per heavy atom. The minimum absolute atomic E-state index is 0.294. The van der Waals surface area contributed by atoms with Crippen LogP contribution in [0.3, 0.4) is 0 Å². The van der Waals surface area contributed by atoms with Crippen LogP contribution in [-0.2, 0) is 0 Å². The predicted molar refractivity (Wildman–Crippen MR) is 77.8 cm³/mol. The zero-order valence-corrected chi connectivity index (χ0v) is 10.4. The third-order valence-corrected chi connectivity index (χ3v) is 2.57. The topological polar surface area (TPSA) is 38.0 Å². The van der Waals surface area contributed by atoms with Crippen molar-refractivity contribution in [2.45, 2.75) is 0 Å². The van der Waals surface area contributed by atoms with Crippen LogP contribution in [0, 0.1) is 5.82 Å². The summed E-state index contributed by atoms with van der Waals surface area (Å²) in [7, 11) is 0. The van der Waals surface area contributed by atoms with Crippen molar-refractivity contribution in [3.05, 3.63) is 84.3 Å². The van der Waals surface area contributed by atoms with E-state index in [1.807, 2.05) is 30.3 Å². The van der Waals surface area contributed by atoms with Crippen LogP contribution >= 0.6 is 0 Å². The smallest absolute Gasteiger partial charge is 0.125 e. The standard InChI is InChI=1S/C16H15FN2/c1-12(19-15-9-5-8-14(17)11-15)10-16(18)13-6-3-2-4-7-13/h2-11,19H,1,18H2/b16-10-. The molecule has 2 rings (SSSR count). The second kappa shape index (κ2) is 5.87. The lowest BCUT2D eigenvalue weighted by Gasteiger charge is -2.07. The van der Waals surface area contributed by atoms with E-state index in [1.165, 1.54) is 12.1 Å². The summed E-state index contributed by atoms with van der Waals surface area (Å²) in [5.74, 6) is -0.294. The van der Waals surface area contributed by atoms with Crippen LogP contribution in [0.1, 0.15) is 5.56 Å². The van der Waals surface area contributed by atoms with Crippen molar-refractivity contribution < 1.29 is 4.39 Å². The highest BCUT2D eigenvalue weighted by Gasteiger charge is 1.98. The number of halogens is 1. The summed E-state index contributed by atoms with van der Waals surface area (Å²) in [6.07, 6.45) is 1.72. The molecule has 3 heteroatoms. The van der Waals surface area contributed by atoms with Crippen LogP contribution in [0.25, 0.3) is 5.70 Å². The van der Waals surface area contributed by atoms with Gasteiger partial charge in [-0.3, -0.25) is 0 Å². The Balaban J connectivity index is 2.09. The molecule has 0 aromatic heterocycles. The molecule has 0 spiro atoms. The van der Waals surface area contributed by atoms with E-state index in [0.717, 1.165) is 5.56 Å². The lowest BCUT2D eigenvalue weighted by Crippen LogP contribution is -2.01. The van der Waals surface area contributed by atoms with E-state index in [4.69, 9.17) is 5.73 Å². The van der Waals surface area contributed by atoms with Gasteiger partial charge in [0.1, 0.15) is 5.82 Å². The van der Waals surface area contributed by atoms with Crippen LogP contribution in [0.2, 0.25) is 0 Å². The van der Waals surface area contributed by atoms with Crippen molar-refractivity contribution in [1.29, 1.82) is 0 Å². The van der Waals surface area contributed by atoms with Gasteiger partial charge in [0.05, 0.1) is 0 Å². The molecule has 0 fully saturated rings. The van der Waals surface area contributed by atoms with Gasteiger partial charge in [-0.15, -0.1) is 0 Å². The molecule has 2 aromatic rings. The van der Waals surface area contributed by atoms with E-state index in [1.54, 1.807) is 18.2 Å². The maximum absolute atomic E-state index is 13.0. The number of anilines is 1. The fraction of sp³-hybridized carbons (Fsp3) is 0. The molecule has 3 N–H and O–H groups in total. The number of benzene rings is 2. The molecule has 0 aliphatic carbocycles. The van der Waals surface area contributed by atoms with Crippen LogP contribution in [0.15, 0.2) is 72.9 Å². The normalized spacial score (nSPS) is 11.1. The Labute approximate surface area is 112 Å². The molecule has 0 atom stereocenters. The van der Waals surface area contributed by atoms with Gasteiger partial charge in [0.25, 0.3) is 0 Å². The van der Waals surface area contributed by atoms with Gasteiger partial charge in [0, 0.05) is 17.1 Å². The Morgan fingerprint density at radius 2 is 1.84 bits per heavy atom. The first-order valence-corrected chi connectivity index (χ1v) is 5.89. The summed E-state index contributed by atoms with van der Waals surface area (Å²) < 4.78 is 13.0. The SMILES string of the molecule is C=C(/C=C(\N)c1ccccc1)Nc1cccc(F)c1. The van der Waals surface area contributed by atoms with Gasteiger partial charge in [0.15, 0.2) is 0 Å². The minimum atomic E-state index is -0.294. The Bertz CT molecular complexity index is 603. The summed E-state index contributed by atoms with van der Waals surface area (Å²) in [6, 6.07) is 15.8. The fourth-order valence-electron chi connectivity index (χ4n) is 1.69. The van der Waals surface area contributed by atoms with Gasteiger partial charge in [-0.25, -0.2) is 4.39 Å². The molecule has 0 aliphatic rings. The number of allylic oxidation sites excluding steroid dienone is 1. The van der Waals surface area contributed by atoms with E-state index in [-0.39, 0.29) is 5.82 Å². The lowest BCUT2D eigenvalue weighted by atomic mass is 10.1. The number of nitrogens with one attached hydrogen (secondary N) is 1. The molecule has 2 nitrogen and oxygen atoms in total. The molecule has 96 valence electrons. The highest BCUT2D eigenvalue weighted by atomic mass is 19.1. The Kier molecular flexibility index (Phi) is 3.98. The van der Waals surface area contributed by atoms with Gasteiger partial charge < -0.3 is 11.1 Å². The van der Waals surface area contributed by atoms with Crippen molar-refractivity contribution in [2.75, 3.05) is 5.32 Å². The van der Waals surface area contributed by atoms with Gasteiger partial charge in [-0.1, -0.05) is 43.0 Å². The van der Waals surface area contributed by atoms with Crippen LogP contribution in [0.5, 0.6) is 0 Å². The third-order valence-electron chi connectivity index (χ3n) is 2.57. The summed E-state index contributed by atoms with van der Waals surface area (Å²) >= 11 is 0. The van der Waals surface area contributed by atoms with Gasteiger partial charge in [0.2, 0.25) is 0 Å². The zero-order valence-electron chi connectivity index (χ0n) is 10.4. The summed E-state index contributed by atoms with van der Waals surface area (Å²) in [5, 5.41) is 2.99. The van der Waals surface area contributed by atoms with Crippen LogP contribution < -0.4 is 11.1 Å². The number of nitrogens with two attached hydrogens (primary N) is 1. The second-order valence-electron chi connectivity index (χ2n) is 4.13. The number of hydrogen-bond donors (Lipinski definition) is 2. The van der Waals surface area contributed by atoms with Crippen molar-refractivity contribution in [3.8, 4) is 0 Å². The average Bonchev–Trinajstić information content (AvgIpc) is 2.39. The molecular weight excluding hydrogens is 239 g/mol. The highest BCUT2D eigenvalue weighted by molar-refractivity contribution is 5.66. The van der Waals surface area contributed by atoms with Gasteiger partial charge >= 0.3 is 0 Å². The molecule has 0 radical (unpaired) electrons. The maximum atomic E-state index is 13.0. The molecule has 0 heterocycles. The summed E-state index contributed by atoms with van der Waals surface area (Å²) in [6.45, 7) is 3.86. The molecule has 0 amide bonds. The number of rotatable bonds is 4. The first kappa shape index (κ1) is 12.9. The van der Waals surface area contributed by atoms with Crippen LogP contribution in [0.4, 0.5) is 10.1 Å². The van der Waals surface area contributed by atoms with Crippen molar-refractivity contribution in [3.63, 3.8) is 0 Å². The fourth-order valence-corrected chi connectivity index (χ4v) is 1.69. The number of hydrogen-bond acceptors (Lipinski definition) is 2. The maximum Gasteiger partial charge on any atom is 0.125 e. The van der Waals surface area contributed by atoms with E-state index < -0.39 is 0 Å². The quantitative estimate of drug-likeness (QED) is 0.815. The van der Waals surface area contributed by atoms with Crippen molar-refractivity contribution in [2.24, 2.45) is 5.73 Å². The third kappa shape index (κ3) is 3.71. The van der Waals surface area contributed by atoms with E-state index >= 15 is 0 Å². The predicted octanol–water partition coefficient (Wildman–Crippen LogP) is 3.75. The first-order valence-electron chi connectivity index (χ1n) is 5.89. The average molecular weight is 254 g/mol.